The molecule has 1 aromatic heterocycles. The van der Waals surface area contributed by atoms with E-state index in [1.54, 1.807) is 14.0 Å². The second-order valence-electron chi connectivity index (χ2n) is 4.08. The summed E-state index contributed by atoms with van der Waals surface area (Å²) in [5, 5.41) is 13.2. The van der Waals surface area contributed by atoms with E-state index in [1.165, 1.54) is 28.9 Å². The van der Waals surface area contributed by atoms with Crippen LogP contribution in [-0.4, -0.2) is 23.3 Å². The van der Waals surface area contributed by atoms with Crippen LogP contribution in [0, 0.1) is 6.92 Å². The first-order chi connectivity index (χ1) is 8.81. The van der Waals surface area contributed by atoms with E-state index in [0.29, 0.717) is 5.69 Å². The molecule has 102 valence electrons. The molecule has 1 aromatic carbocycles. The standard InChI is InChI=1S/C11H14N4O3S/c1-7-10(11(12)13-15(7)2)19(17,18)14-8-4-3-5-9(16)6-8/h3-6,14,16H,1-2H3,(H2,12,13). The molecule has 0 saturated carbocycles. The number of rotatable bonds is 3. The molecular weight excluding hydrogens is 268 g/mol. The molecule has 0 radical (unpaired) electrons. The van der Waals surface area contributed by atoms with Crippen molar-refractivity contribution >= 4 is 21.5 Å². The van der Waals surface area contributed by atoms with Gasteiger partial charge in [-0.05, 0) is 19.1 Å². The van der Waals surface area contributed by atoms with Gasteiger partial charge in [0.05, 0.1) is 11.4 Å². The van der Waals surface area contributed by atoms with Crippen LogP contribution in [0.15, 0.2) is 29.2 Å². The van der Waals surface area contributed by atoms with E-state index < -0.39 is 10.0 Å². The molecule has 0 aliphatic rings. The molecule has 19 heavy (non-hydrogen) atoms. The van der Waals surface area contributed by atoms with Crippen LogP contribution in [0.5, 0.6) is 5.75 Å². The van der Waals surface area contributed by atoms with Crippen LogP contribution in [-0.2, 0) is 17.1 Å². The molecule has 0 aliphatic heterocycles. The quantitative estimate of drug-likeness (QED) is 0.772. The summed E-state index contributed by atoms with van der Waals surface area (Å²) in [4.78, 5) is -0.0571. The molecule has 7 nitrogen and oxygen atoms in total. The Kier molecular flexibility index (Phi) is 3.11. The Labute approximate surface area is 110 Å². The molecule has 0 atom stereocenters. The Morgan fingerprint density at radius 2 is 2.11 bits per heavy atom. The van der Waals surface area contributed by atoms with E-state index in [-0.39, 0.29) is 22.2 Å². The molecule has 0 aliphatic carbocycles. The van der Waals surface area contributed by atoms with Gasteiger partial charge >= 0.3 is 0 Å². The van der Waals surface area contributed by atoms with Crippen molar-refractivity contribution in [1.82, 2.24) is 9.78 Å². The van der Waals surface area contributed by atoms with Crippen LogP contribution in [0.2, 0.25) is 0 Å². The zero-order valence-electron chi connectivity index (χ0n) is 10.5. The SMILES string of the molecule is Cc1c(S(=O)(=O)Nc2cccc(O)c2)c(N)nn1C. The molecule has 0 fully saturated rings. The number of phenolic OH excluding ortho intramolecular Hbond substituents is 1. The van der Waals surface area contributed by atoms with Crippen molar-refractivity contribution in [1.29, 1.82) is 0 Å². The predicted molar refractivity (Wildman–Crippen MR) is 71.3 cm³/mol. The van der Waals surface area contributed by atoms with Crippen molar-refractivity contribution in [3.63, 3.8) is 0 Å². The molecule has 8 heteroatoms. The Bertz CT molecular complexity index is 722. The number of aromatic hydroxyl groups is 1. The summed E-state index contributed by atoms with van der Waals surface area (Å²) in [6, 6.07) is 5.81. The fourth-order valence-electron chi connectivity index (χ4n) is 1.72. The highest BCUT2D eigenvalue weighted by atomic mass is 32.2. The van der Waals surface area contributed by atoms with E-state index >= 15 is 0 Å². The van der Waals surface area contributed by atoms with Gasteiger partial charge in [0, 0.05) is 13.1 Å². The zero-order valence-corrected chi connectivity index (χ0v) is 11.3. The minimum absolute atomic E-state index is 0.0314. The molecule has 0 amide bonds. The monoisotopic (exact) mass is 282 g/mol. The minimum atomic E-state index is -3.84. The number of nitrogen functional groups attached to an aromatic ring is 1. The number of hydrogen-bond acceptors (Lipinski definition) is 5. The van der Waals surface area contributed by atoms with Crippen molar-refractivity contribution in [3.8, 4) is 5.75 Å². The number of nitrogens with one attached hydrogen (secondary N) is 1. The summed E-state index contributed by atoms with van der Waals surface area (Å²) < 4.78 is 28.2. The van der Waals surface area contributed by atoms with Gasteiger partial charge in [-0.2, -0.15) is 5.10 Å². The lowest BCUT2D eigenvalue weighted by Crippen LogP contribution is -2.15. The van der Waals surface area contributed by atoms with Gasteiger partial charge in [0.2, 0.25) is 0 Å². The Morgan fingerprint density at radius 1 is 1.42 bits per heavy atom. The second-order valence-corrected chi connectivity index (χ2v) is 5.70. The fraction of sp³-hybridized carbons (Fsp3) is 0.182. The molecule has 1 heterocycles. The van der Waals surface area contributed by atoms with Crippen LogP contribution in [0.1, 0.15) is 5.69 Å². The minimum Gasteiger partial charge on any atom is -0.508 e. The molecule has 0 unspecified atom stereocenters. The number of hydrogen-bond donors (Lipinski definition) is 3. The summed E-state index contributed by atoms with van der Waals surface area (Å²) in [6.07, 6.45) is 0. The molecule has 0 spiro atoms. The first-order valence-corrected chi connectivity index (χ1v) is 6.90. The topological polar surface area (TPSA) is 110 Å². The highest BCUT2D eigenvalue weighted by molar-refractivity contribution is 7.93. The fourth-order valence-corrected chi connectivity index (χ4v) is 3.10. The van der Waals surface area contributed by atoms with E-state index in [0.717, 1.165) is 0 Å². The molecular formula is C11H14N4O3S. The van der Waals surface area contributed by atoms with Crippen LogP contribution in [0.25, 0.3) is 0 Å². The third-order valence-corrected chi connectivity index (χ3v) is 4.22. The van der Waals surface area contributed by atoms with E-state index in [4.69, 9.17) is 5.73 Å². The first-order valence-electron chi connectivity index (χ1n) is 5.42. The average molecular weight is 282 g/mol. The summed E-state index contributed by atoms with van der Waals surface area (Å²) >= 11 is 0. The van der Waals surface area contributed by atoms with E-state index in [2.05, 4.69) is 9.82 Å². The maximum atomic E-state index is 12.2. The third kappa shape index (κ3) is 2.48. The largest absolute Gasteiger partial charge is 0.508 e. The van der Waals surface area contributed by atoms with Gasteiger partial charge in [-0.15, -0.1) is 0 Å². The van der Waals surface area contributed by atoms with Crippen molar-refractivity contribution in [2.45, 2.75) is 11.8 Å². The summed E-state index contributed by atoms with van der Waals surface area (Å²) in [7, 11) is -2.23. The van der Waals surface area contributed by atoms with E-state index in [9.17, 15) is 13.5 Å². The average Bonchev–Trinajstić information content (AvgIpc) is 2.52. The second kappa shape index (κ2) is 4.47. The van der Waals surface area contributed by atoms with Crippen LogP contribution in [0.4, 0.5) is 11.5 Å². The molecule has 2 rings (SSSR count). The molecule has 0 saturated heterocycles. The predicted octanol–water partition coefficient (Wildman–Crippen LogP) is 0.817. The number of aromatic nitrogens is 2. The summed E-state index contributed by atoms with van der Waals surface area (Å²) in [5.41, 5.74) is 6.30. The highest BCUT2D eigenvalue weighted by Gasteiger charge is 2.24. The van der Waals surface area contributed by atoms with Crippen molar-refractivity contribution in [3.05, 3.63) is 30.0 Å². The maximum absolute atomic E-state index is 12.2. The summed E-state index contributed by atoms with van der Waals surface area (Å²) in [6.45, 7) is 1.61. The molecule has 4 N–H and O–H groups in total. The Balaban J connectivity index is 2.44. The normalized spacial score (nSPS) is 11.5. The van der Waals surface area contributed by atoms with Gasteiger partial charge in [-0.3, -0.25) is 9.40 Å². The third-order valence-electron chi connectivity index (χ3n) is 2.67. The van der Waals surface area contributed by atoms with Crippen molar-refractivity contribution in [2.75, 3.05) is 10.5 Å². The van der Waals surface area contributed by atoms with Crippen molar-refractivity contribution in [2.24, 2.45) is 7.05 Å². The Morgan fingerprint density at radius 3 is 2.63 bits per heavy atom. The zero-order chi connectivity index (χ0) is 14.2. The lowest BCUT2D eigenvalue weighted by molar-refractivity contribution is 0.475. The van der Waals surface area contributed by atoms with Crippen LogP contribution >= 0.6 is 0 Å². The van der Waals surface area contributed by atoms with Gasteiger partial charge < -0.3 is 10.8 Å². The highest BCUT2D eigenvalue weighted by Crippen LogP contribution is 2.25. The smallest absolute Gasteiger partial charge is 0.267 e. The number of nitrogens with zero attached hydrogens (tertiary/aromatic N) is 2. The van der Waals surface area contributed by atoms with E-state index in [1.807, 2.05) is 0 Å². The lowest BCUT2D eigenvalue weighted by Gasteiger charge is -2.08. The Hall–Kier alpha value is -2.22. The van der Waals surface area contributed by atoms with Crippen molar-refractivity contribution < 1.29 is 13.5 Å². The number of benzene rings is 1. The molecule has 2 aromatic rings. The van der Waals surface area contributed by atoms with Gasteiger partial charge in [0.15, 0.2) is 10.7 Å². The first kappa shape index (κ1) is 13.2. The lowest BCUT2D eigenvalue weighted by atomic mass is 10.3. The maximum Gasteiger partial charge on any atom is 0.267 e. The molecule has 0 bridgehead atoms. The van der Waals surface area contributed by atoms with Gasteiger partial charge in [-0.1, -0.05) is 6.07 Å². The number of nitrogens with two attached hydrogens (primary N) is 1. The van der Waals surface area contributed by atoms with Crippen LogP contribution < -0.4 is 10.5 Å². The summed E-state index contributed by atoms with van der Waals surface area (Å²) in [5.74, 6) is -0.0938. The number of sulfonamides is 1. The van der Waals surface area contributed by atoms with Crippen LogP contribution in [0.3, 0.4) is 0 Å². The van der Waals surface area contributed by atoms with Gasteiger partial charge in [-0.25, -0.2) is 8.42 Å². The number of aryl methyl sites for hydroxylation is 1. The van der Waals surface area contributed by atoms with Gasteiger partial charge in [0.25, 0.3) is 10.0 Å². The van der Waals surface area contributed by atoms with Gasteiger partial charge in [0.1, 0.15) is 5.75 Å². The number of phenols is 1. The number of anilines is 2.